The molecule has 0 bridgehead atoms. The number of primary amides is 1. The van der Waals surface area contributed by atoms with Crippen LogP contribution in [-0.2, 0) is 12.8 Å². The van der Waals surface area contributed by atoms with Gasteiger partial charge in [0.05, 0.1) is 63.2 Å². The standard InChI is InChI=1S/C20H19N5O.C18H16N6O.C17H14FN5.C15H10ClN5.C14H10ClN3O/c1-26-15-7-4-13(5-8-15)19-16-11-14(6-9-17(16)22-24-19)20-21-18(23-25-20)10-12-2-3-12;1-24(2)18(25)13-5-3-4-11(8-13)16-14-9-12(17-19-10-20-23-17)6-7-15(14)21-22-16;1-2-15-19-17(23-21-15)11-5-8-14-13(9-11)16(22-20-14)10-3-6-12(18)7-4-10;16-11-4-1-9(2-5-11)14-12-7-10(15-17-8-18-21-15)3-6-13(12)19-20-14;15-10-4-1-8(2-5-10)13-11-7-9(14(16)19)3-6-12(11)17-18-13/h4-9,11-12H,2-3,10H2,1H3,(H,22,24)(H,21,23,25);3-10H,1-2H3,(H,21,22)(H,19,20,23);3-9H,2H2,1H3,(H,20,22)(H,19,21,23);1-8H,(H,19,20)(H,17,18,21);1-7H,(H2,16,19)(H,17,18). The van der Waals surface area contributed by atoms with Crippen LogP contribution in [-0.4, -0.2) is 150 Å². The van der Waals surface area contributed by atoms with Crippen molar-refractivity contribution >= 4 is 89.5 Å². The number of rotatable bonds is 15. The first-order valence-corrected chi connectivity index (χ1v) is 36.9. The van der Waals surface area contributed by atoms with Crippen LogP contribution in [0, 0.1) is 11.7 Å². The van der Waals surface area contributed by atoms with Crippen LogP contribution in [0.15, 0.2) is 225 Å². The highest BCUT2D eigenvalue weighted by Gasteiger charge is 2.24. The summed E-state index contributed by atoms with van der Waals surface area (Å²) in [5.41, 5.74) is 23.7. The van der Waals surface area contributed by atoms with Crippen LogP contribution < -0.4 is 10.5 Å². The van der Waals surface area contributed by atoms with E-state index in [0.29, 0.717) is 32.8 Å². The first-order chi connectivity index (χ1) is 55.6. The summed E-state index contributed by atoms with van der Waals surface area (Å²) in [4.78, 5) is 42.5. The molecular weight excluding hydrogens is 1480 g/mol. The lowest BCUT2D eigenvalue weighted by atomic mass is 10.0. The second-order valence-electron chi connectivity index (χ2n) is 26.9. The van der Waals surface area contributed by atoms with Gasteiger partial charge in [-0.3, -0.25) is 55.5 Å². The summed E-state index contributed by atoms with van der Waals surface area (Å²) in [6.07, 6.45) is 7.39. The van der Waals surface area contributed by atoms with Gasteiger partial charge in [-0.2, -0.15) is 45.9 Å². The maximum atomic E-state index is 13.1. The first kappa shape index (κ1) is 73.5. The lowest BCUT2D eigenvalue weighted by Crippen LogP contribution is -2.21. The zero-order chi connectivity index (χ0) is 78.3. The number of hydrogen-bond donors (Lipinski definition) is 10. The number of nitrogens with zero attached hydrogens (tertiary/aromatic N) is 14. The number of benzene rings is 10. The van der Waals surface area contributed by atoms with Gasteiger partial charge in [0, 0.05) is 125 Å². The van der Waals surface area contributed by atoms with E-state index in [1.807, 2.05) is 153 Å². The Morgan fingerprint density at radius 3 is 1.25 bits per heavy atom. The Kier molecular flexibility index (Phi) is 21.0. The van der Waals surface area contributed by atoms with E-state index in [0.717, 1.165) is 181 Å². The molecule has 30 heteroatoms. The monoisotopic (exact) mass is 1550 g/mol. The molecule has 19 aromatic rings. The quantitative estimate of drug-likeness (QED) is 0.0456. The topological polar surface area (TPSA) is 382 Å². The van der Waals surface area contributed by atoms with Crippen molar-refractivity contribution in [2.24, 2.45) is 11.7 Å². The SMILES string of the molecule is CCc1nc(-c2ccc3[nH]nc(-c4ccc(F)cc4)c3c2)n[nH]1.CN(C)C(=O)c1cccc(-c2n[nH]c3ccc(-c4ncn[nH]4)cc23)c1.COc1ccc(-c2n[nH]c3ccc(-c4n[nH]c(CC5CC5)n4)cc23)cc1.Clc1ccc(-c2n[nH]c3ccc(-c4ncn[nH]4)cc23)cc1.NC(=O)c1ccc2[nH]nc(-c3ccc(Cl)cc3)c2c1. The fourth-order valence-corrected chi connectivity index (χ4v) is 13.2. The predicted octanol–water partition coefficient (Wildman–Crippen LogP) is 17.1. The lowest BCUT2D eigenvalue weighted by Gasteiger charge is -2.10. The summed E-state index contributed by atoms with van der Waals surface area (Å²) in [5, 5.41) is 71.5. The van der Waals surface area contributed by atoms with Gasteiger partial charge in [-0.05, 0) is 195 Å². The van der Waals surface area contributed by atoms with E-state index < -0.39 is 5.91 Å². The number of carbonyl (C=O) groups excluding carboxylic acids is 2. The average Bonchev–Trinajstić information content (AvgIpc) is 1.67. The predicted molar refractivity (Wildman–Crippen MR) is 438 cm³/mol. The van der Waals surface area contributed by atoms with Gasteiger partial charge in [0.25, 0.3) is 5.91 Å². The Hall–Kier alpha value is -14.6. The third-order valence-corrected chi connectivity index (χ3v) is 19.6. The van der Waals surface area contributed by atoms with E-state index in [4.69, 9.17) is 33.7 Å². The van der Waals surface area contributed by atoms with Crippen molar-refractivity contribution in [2.75, 3.05) is 21.2 Å². The molecular formula is C84H69Cl2FN24O3. The number of carbonyl (C=O) groups is 2. The number of aromatic amines is 9. The number of ether oxygens (including phenoxy) is 1. The third kappa shape index (κ3) is 16.2. The van der Waals surface area contributed by atoms with E-state index in [2.05, 4.69) is 118 Å². The fourth-order valence-electron chi connectivity index (χ4n) is 12.9. The zero-order valence-electron chi connectivity index (χ0n) is 61.5. The highest BCUT2D eigenvalue weighted by Crippen LogP contribution is 2.37. The molecule has 1 fully saturated rings. The van der Waals surface area contributed by atoms with E-state index >= 15 is 0 Å². The van der Waals surface area contributed by atoms with E-state index in [1.165, 1.54) is 37.6 Å². The average molecular weight is 1550 g/mol. The molecule has 20 rings (SSSR count). The van der Waals surface area contributed by atoms with Crippen LogP contribution in [0.5, 0.6) is 5.75 Å². The number of hydrogen-bond acceptors (Lipinski definition) is 16. The van der Waals surface area contributed by atoms with Crippen molar-refractivity contribution in [1.29, 1.82) is 0 Å². The molecule has 564 valence electrons. The Balaban J connectivity index is 0.000000108. The molecule has 0 unspecified atom stereocenters. The van der Waals surface area contributed by atoms with Gasteiger partial charge < -0.3 is 15.4 Å². The van der Waals surface area contributed by atoms with E-state index in [1.54, 1.807) is 74.6 Å². The molecule has 9 aromatic heterocycles. The molecule has 10 aromatic carbocycles. The van der Waals surface area contributed by atoms with Crippen LogP contribution in [0.3, 0.4) is 0 Å². The van der Waals surface area contributed by atoms with Crippen LogP contribution in [0.4, 0.5) is 4.39 Å². The number of fused-ring (bicyclic) bond motifs is 5. The second-order valence-corrected chi connectivity index (χ2v) is 27.8. The summed E-state index contributed by atoms with van der Waals surface area (Å²) in [6.45, 7) is 2.02. The number of aryl methyl sites for hydroxylation is 1. The van der Waals surface area contributed by atoms with Gasteiger partial charge in [0.2, 0.25) is 5.91 Å². The minimum Gasteiger partial charge on any atom is -0.497 e. The number of aromatic nitrogens is 22. The number of H-pyrrole nitrogens is 9. The highest BCUT2D eigenvalue weighted by molar-refractivity contribution is 6.31. The molecule has 1 aliphatic carbocycles. The van der Waals surface area contributed by atoms with Crippen LogP contribution in [0.2, 0.25) is 10.0 Å². The molecule has 0 aliphatic heterocycles. The number of methoxy groups -OCH3 is 1. The van der Waals surface area contributed by atoms with Gasteiger partial charge in [0.1, 0.15) is 35.9 Å². The first-order valence-electron chi connectivity index (χ1n) is 36.1. The molecule has 1 saturated carbocycles. The van der Waals surface area contributed by atoms with Gasteiger partial charge in [-0.1, -0.05) is 66.5 Å². The minimum absolute atomic E-state index is 0.0379. The molecule has 0 saturated heterocycles. The van der Waals surface area contributed by atoms with Crippen molar-refractivity contribution in [3.05, 3.63) is 264 Å². The summed E-state index contributed by atoms with van der Waals surface area (Å²) < 4.78 is 18.4. The Labute approximate surface area is 657 Å². The van der Waals surface area contributed by atoms with Crippen LogP contribution in [0.1, 0.15) is 52.1 Å². The Bertz CT molecular complexity index is 6580. The van der Waals surface area contributed by atoms with Crippen molar-refractivity contribution < 1.29 is 18.7 Å². The van der Waals surface area contributed by atoms with E-state index in [-0.39, 0.29) is 11.7 Å². The van der Waals surface area contributed by atoms with Crippen molar-refractivity contribution in [3.63, 3.8) is 0 Å². The number of amides is 2. The Morgan fingerprint density at radius 1 is 0.439 bits per heavy atom. The maximum Gasteiger partial charge on any atom is 0.253 e. The van der Waals surface area contributed by atoms with E-state index in [9.17, 15) is 14.0 Å². The molecule has 9 heterocycles. The second kappa shape index (κ2) is 32.5. The number of halogens is 3. The lowest BCUT2D eigenvalue weighted by molar-refractivity contribution is 0.0827. The number of nitrogens with two attached hydrogens (primary N) is 1. The van der Waals surface area contributed by atoms with Crippen molar-refractivity contribution in [2.45, 2.75) is 32.6 Å². The summed E-state index contributed by atoms with van der Waals surface area (Å²) in [6, 6.07) is 65.9. The molecule has 27 nitrogen and oxygen atoms in total. The normalized spacial score (nSPS) is 11.7. The third-order valence-electron chi connectivity index (χ3n) is 19.1. The smallest absolute Gasteiger partial charge is 0.253 e. The summed E-state index contributed by atoms with van der Waals surface area (Å²) in [7, 11) is 5.14. The molecule has 0 radical (unpaired) electrons. The Morgan fingerprint density at radius 2 is 0.833 bits per heavy atom. The van der Waals surface area contributed by atoms with Crippen LogP contribution in [0.25, 0.3) is 156 Å². The zero-order valence-corrected chi connectivity index (χ0v) is 63.0. The van der Waals surface area contributed by atoms with Crippen molar-refractivity contribution in [3.8, 4) is 108 Å². The number of nitrogens with one attached hydrogen (secondary N) is 9. The highest BCUT2D eigenvalue weighted by atomic mass is 35.5. The maximum absolute atomic E-state index is 13.1. The van der Waals surface area contributed by atoms with Gasteiger partial charge in [-0.15, -0.1) is 0 Å². The van der Waals surface area contributed by atoms with Crippen LogP contribution >= 0.6 is 23.2 Å². The summed E-state index contributed by atoms with van der Waals surface area (Å²) >= 11 is 11.8. The van der Waals surface area contributed by atoms with Crippen molar-refractivity contribution in [1.82, 2.24) is 117 Å². The van der Waals surface area contributed by atoms with Gasteiger partial charge >= 0.3 is 0 Å². The minimum atomic E-state index is -0.454. The molecule has 2 amide bonds. The largest absolute Gasteiger partial charge is 0.497 e. The molecule has 11 N–H and O–H groups in total. The van der Waals surface area contributed by atoms with Gasteiger partial charge in [0.15, 0.2) is 23.3 Å². The molecule has 0 spiro atoms. The molecule has 1 aliphatic rings. The molecule has 0 atom stereocenters. The summed E-state index contributed by atoms with van der Waals surface area (Å²) in [5.74, 6) is 5.53. The molecule has 114 heavy (non-hydrogen) atoms. The fraction of sp³-hybridized carbons (Fsp3) is 0.107. The van der Waals surface area contributed by atoms with Gasteiger partial charge in [-0.25, -0.2) is 24.3 Å².